The Morgan fingerprint density at radius 2 is 1.14 bits per heavy atom. The van der Waals surface area contributed by atoms with Gasteiger partial charge in [-0.3, -0.25) is 0 Å². The minimum Gasteiger partial charge on any atom is -0.309 e. The zero-order chi connectivity index (χ0) is 29.4. The highest BCUT2D eigenvalue weighted by Gasteiger charge is 2.39. The maximum absolute atomic E-state index is 2.51. The van der Waals surface area contributed by atoms with E-state index in [2.05, 4.69) is 170 Å². The van der Waals surface area contributed by atoms with Crippen molar-refractivity contribution in [3.63, 3.8) is 0 Å². The molecule has 1 heteroatoms. The van der Waals surface area contributed by atoms with Crippen LogP contribution in [-0.4, -0.2) is 4.57 Å². The zero-order valence-electron chi connectivity index (χ0n) is 24.9. The second kappa shape index (κ2) is 9.30. The van der Waals surface area contributed by atoms with Crippen LogP contribution in [0, 0.1) is 0 Å². The van der Waals surface area contributed by atoms with E-state index in [0.717, 1.165) is 0 Å². The van der Waals surface area contributed by atoms with Crippen LogP contribution in [0.4, 0.5) is 0 Å². The molecule has 9 rings (SSSR count). The highest BCUT2D eigenvalue weighted by molar-refractivity contribution is 6.18. The number of aromatic nitrogens is 1. The maximum Gasteiger partial charge on any atom is 0.0625 e. The van der Waals surface area contributed by atoms with Crippen molar-refractivity contribution >= 4 is 32.6 Å². The maximum atomic E-state index is 2.51. The number of para-hydroxylation sites is 1. The molecule has 0 N–H and O–H groups in total. The number of rotatable bonds is 3. The summed E-state index contributed by atoms with van der Waals surface area (Å²) in [5, 5.41) is 5.09. The first kappa shape index (κ1) is 25.1. The Morgan fingerprint density at radius 3 is 1.93 bits per heavy atom. The van der Waals surface area contributed by atoms with Gasteiger partial charge in [-0.25, -0.2) is 0 Å². The molecule has 0 saturated carbocycles. The molecule has 1 heterocycles. The van der Waals surface area contributed by atoms with E-state index in [0.29, 0.717) is 0 Å². The average Bonchev–Trinajstić information content (AvgIpc) is 3.53. The molecule has 0 amide bonds. The summed E-state index contributed by atoms with van der Waals surface area (Å²) in [5.41, 5.74) is 14.1. The second-order valence-corrected chi connectivity index (χ2v) is 12.6. The smallest absolute Gasteiger partial charge is 0.0625 e. The molecule has 0 saturated heterocycles. The van der Waals surface area contributed by atoms with Gasteiger partial charge in [-0.05, 0) is 80.0 Å². The molecule has 7 aromatic carbocycles. The summed E-state index contributed by atoms with van der Waals surface area (Å²) < 4.78 is 2.51. The summed E-state index contributed by atoms with van der Waals surface area (Å²) in [7, 11) is 0. The Kier molecular flexibility index (Phi) is 5.31. The Balaban J connectivity index is 1.47. The molecular formula is C43H31N. The lowest BCUT2D eigenvalue weighted by molar-refractivity contribution is 0.661. The van der Waals surface area contributed by atoms with E-state index in [1.54, 1.807) is 0 Å². The third-order valence-electron chi connectivity index (χ3n) is 9.76. The van der Waals surface area contributed by atoms with Crippen molar-refractivity contribution in [1.29, 1.82) is 0 Å². The predicted octanol–water partition coefficient (Wildman–Crippen LogP) is 11.6. The third-order valence-corrected chi connectivity index (χ3v) is 9.76. The lowest BCUT2D eigenvalue weighted by Crippen LogP contribution is -2.15. The summed E-state index contributed by atoms with van der Waals surface area (Å²) in [6.07, 6.45) is 0. The van der Waals surface area contributed by atoms with Gasteiger partial charge in [0.05, 0.1) is 11.0 Å². The van der Waals surface area contributed by atoms with Crippen LogP contribution in [-0.2, 0) is 5.41 Å². The Hall–Kier alpha value is -5.40. The lowest BCUT2D eigenvalue weighted by atomic mass is 9.81. The largest absolute Gasteiger partial charge is 0.309 e. The number of hydrogen-bond donors (Lipinski definition) is 0. The molecule has 0 aliphatic heterocycles. The monoisotopic (exact) mass is 561 g/mol. The molecule has 0 spiro atoms. The molecule has 208 valence electrons. The van der Waals surface area contributed by atoms with Gasteiger partial charge in [-0.15, -0.1) is 0 Å². The number of fused-ring (bicyclic) bond motifs is 7. The molecule has 0 radical (unpaired) electrons. The minimum absolute atomic E-state index is 0.135. The van der Waals surface area contributed by atoms with Gasteiger partial charge >= 0.3 is 0 Å². The second-order valence-electron chi connectivity index (χ2n) is 12.6. The molecule has 1 aromatic heterocycles. The Morgan fingerprint density at radius 1 is 0.455 bits per heavy atom. The summed E-state index contributed by atoms with van der Waals surface area (Å²) >= 11 is 0. The van der Waals surface area contributed by atoms with E-state index in [4.69, 9.17) is 0 Å². The van der Waals surface area contributed by atoms with Gasteiger partial charge in [0.1, 0.15) is 0 Å². The van der Waals surface area contributed by atoms with E-state index >= 15 is 0 Å². The molecule has 0 fully saturated rings. The first-order valence-corrected chi connectivity index (χ1v) is 15.5. The van der Waals surface area contributed by atoms with Crippen molar-refractivity contribution in [3.8, 4) is 39.1 Å². The fourth-order valence-electron chi connectivity index (χ4n) is 7.62. The molecule has 1 nitrogen and oxygen atoms in total. The predicted molar refractivity (Wildman–Crippen MR) is 187 cm³/mol. The summed E-state index contributed by atoms with van der Waals surface area (Å²) in [5.74, 6) is 0. The molecule has 1 aliphatic rings. The summed E-state index contributed by atoms with van der Waals surface area (Å²) in [4.78, 5) is 0. The van der Waals surface area contributed by atoms with Gasteiger partial charge < -0.3 is 4.57 Å². The molecule has 8 aromatic rings. The summed E-state index contributed by atoms with van der Waals surface area (Å²) in [6.45, 7) is 4.78. The molecule has 0 atom stereocenters. The Labute approximate surface area is 257 Å². The van der Waals surface area contributed by atoms with Crippen LogP contribution in [0.25, 0.3) is 71.6 Å². The van der Waals surface area contributed by atoms with E-state index < -0.39 is 0 Å². The molecule has 44 heavy (non-hydrogen) atoms. The van der Waals surface area contributed by atoms with E-state index in [1.165, 1.54) is 82.8 Å². The van der Waals surface area contributed by atoms with E-state index in [-0.39, 0.29) is 5.41 Å². The fourth-order valence-corrected chi connectivity index (χ4v) is 7.62. The first-order chi connectivity index (χ1) is 21.6. The number of nitrogens with zero attached hydrogens (tertiary/aromatic N) is 1. The highest BCUT2D eigenvalue weighted by Crippen LogP contribution is 2.56. The van der Waals surface area contributed by atoms with Gasteiger partial charge in [0.25, 0.3) is 0 Å². The summed E-state index contributed by atoms with van der Waals surface area (Å²) in [6, 6.07) is 55.8. The zero-order valence-corrected chi connectivity index (χ0v) is 24.9. The van der Waals surface area contributed by atoms with Gasteiger partial charge in [-0.2, -0.15) is 0 Å². The van der Waals surface area contributed by atoms with Crippen LogP contribution in [0.3, 0.4) is 0 Å². The van der Waals surface area contributed by atoms with Gasteiger partial charge in [-0.1, -0.05) is 135 Å². The average molecular weight is 562 g/mol. The van der Waals surface area contributed by atoms with Crippen molar-refractivity contribution < 1.29 is 0 Å². The topological polar surface area (TPSA) is 4.93 Å². The standard InChI is InChI=1S/C43H31N/c1-43(2)37-24-22-32(28-13-5-3-6-14-28)26-36(37)41-38(43)27-35-34-19-11-12-20-39(34)44(42(35)40(41)30-16-7-4-8-17-30)33-23-21-29-15-9-10-18-31(29)25-33/h3-27H,1-2H3. The van der Waals surface area contributed by atoms with Crippen molar-refractivity contribution in [2.45, 2.75) is 19.3 Å². The van der Waals surface area contributed by atoms with Crippen molar-refractivity contribution in [2.75, 3.05) is 0 Å². The van der Waals surface area contributed by atoms with Crippen LogP contribution in [0.2, 0.25) is 0 Å². The van der Waals surface area contributed by atoms with Crippen molar-refractivity contribution in [2.24, 2.45) is 0 Å². The number of benzene rings is 7. The van der Waals surface area contributed by atoms with Crippen LogP contribution in [0.15, 0.2) is 152 Å². The highest BCUT2D eigenvalue weighted by atomic mass is 15.0. The van der Waals surface area contributed by atoms with Crippen LogP contribution in [0.5, 0.6) is 0 Å². The first-order valence-electron chi connectivity index (χ1n) is 15.5. The lowest BCUT2D eigenvalue weighted by Gasteiger charge is -2.23. The van der Waals surface area contributed by atoms with Crippen molar-refractivity contribution in [3.05, 3.63) is 163 Å². The quantitative estimate of drug-likeness (QED) is 0.202. The normalized spacial score (nSPS) is 13.4. The Bertz CT molecular complexity index is 2390. The van der Waals surface area contributed by atoms with Gasteiger partial charge in [0.2, 0.25) is 0 Å². The van der Waals surface area contributed by atoms with Crippen LogP contribution < -0.4 is 0 Å². The van der Waals surface area contributed by atoms with Crippen molar-refractivity contribution in [1.82, 2.24) is 4.57 Å². The van der Waals surface area contributed by atoms with Crippen LogP contribution in [0.1, 0.15) is 25.0 Å². The molecule has 0 bridgehead atoms. The molecule has 0 unspecified atom stereocenters. The van der Waals surface area contributed by atoms with Crippen LogP contribution >= 0.6 is 0 Å². The van der Waals surface area contributed by atoms with E-state index in [9.17, 15) is 0 Å². The molecular weight excluding hydrogens is 530 g/mol. The van der Waals surface area contributed by atoms with E-state index in [1.807, 2.05) is 0 Å². The third kappa shape index (κ3) is 3.53. The SMILES string of the molecule is CC1(C)c2ccc(-c3ccccc3)cc2-c2c1cc1c3ccccc3n(-c3ccc4ccccc4c3)c1c2-c1ccccc1. The molecule has 1 aliphatic carbocycles. The number of hydrogen-bond acceptors (Lipinski definition) is 0. The van der Waals surface area contributed by atoms with Gasteiger partial charge in [0, 0.05) is 27.4 Å². The van der Waals surface area contributed by atoms with Gasteiger partial charge in [0.15, 0.2) is 0 Å². The minimum atomic E-state index is -0.135. The fraction of sp³-hybridized carbons (Fsp3) is 0.0698.